The molecule has 0 amide bonds. The van der Waals surface area contributed by atoms with E-state index < -0.39 is 15.8 Å². The zero-order valence-corrected chi connectivity index (χ0v) is 20.3. The minimum Gasteiger partial charge on any atom is -0.492 e. The second-order valence-corrected chi connectivity index (χ2v) is 9.76. The van der Waals surface area contributed by atoms with Gasteiger partial charge in [0.2, 0.25) is 0 Å². The van der Waals surface area contributed by atoms with Crippen molar-refractivity contribution in [3.63, 3.8) is 0 Å². The van der Waals surface area contributed by atoms with E-state index in [1.54, 1.807) is 43.3 Å². The van der Waals surface area contributed by atoms with E-state index in [0.717, 1.165) is 6.07 Å². The normalized spacial score (nSPS) is 11.4. The number of aromatic nitrogens is 2. The zero-order valence-electron chi connectivity index (χ0n) is 17.1. The molecule has 0 unspecified atom stereocenters. The Hall–Kier alpha value is -2.95. The third-order valence-electron chi connectivity index (χ3n) is 4.48. The Balaban J connectivity index is 1.81. The van der Waals surface area contributed by atoms with Crippen molar-refractivity contribution in [2.24, 2.45) is 0 Å². The van der Waals surface area contributed by atoms with Gasteiger partial charge >= 0.3 is 0 Å². The molecule has 0 aliphatic heterocycles. The average molecular weight is 552 g/mol. The van der Waals surface area contributed by atoms with Gasteiger partial charge in [0.15, 0.2) is 11.6 Å². The van der Waals surface area contributed by atoms with Crippen LogP contribution in [0, 0.1) is 5.82 Å². The average Bonchev–Trinajstić information content (AvgIpc) is 2.77. The summed E-state index contributed by atoms with van der Waals surface area (Å²) in [6.45, 7) is 2.05. The van der Waals surface area contributed by atoms with E-state index in [2.05, 4.69) is 35.9 Å². The first-order chi connectivity index (χ1) is 15.8. The maximum Gasteiger partial charge on any atom is 0.266 e. The Morgan fingerprint density at radius 3 is 2.39 bits per heavy atom. The van der Waals surface area contributed by atoms with Gasteiger partial charge in [0.05, 0.1) is 28.4 Å². The third-order valence-corrected chi connectivity index (χ3v) is 6.65. The molecule has 0 fully saturated rings. The number of anilines is 3. The summed E-state index contributed by atoms with van der Waals surface area (Å²) < 4.78 is 48.7. The number of para-hydroxylation sites is 2. The Labute approximate surface area is 203 Å². The van der Waals surface area contributed by atoms with E-state index in [0.29, 0.717) is 21.2 Å². The van der Waals surface area contributed by atoms with Crippen molar-refractivity contribution in [3.05, 3.63) is 76.0 Å². The lowest BCUT2D eigenvalue weighted by atomic mass is 10.3. The highest BCUT2D eigenvalue weighted by Crippen LogP contribution is 2.33. The number of rotatable bonds is 7. The molecule has 0 saturated heterocycles. The molecule has 1 aromatic heterocycles. The van der Waals surface area contributed by atoms with Crippen LogP contribution in [0.15, 0.2) is 70.0 Å². The fourth-order valence-corrected chi connectivity index (χ4v) is 4.93. The first kappa shape index (κ1) is 23.2. The molecule has 0 aliphatic rings. The smallest absolute Gasteiger partial charge is 0.266 e. The number of ether oxygens (including phenoxy) is 1. The van der Waals surface area contributed by atoms with Crippen molar-refractivity contribution < 1.29 is 17.5 Å². The van der Waals surface area contributed by atoms with Gasteiger partial charge in [0.1, 0.15) is 16.5 Å². The van der Waals surface area contributed by atoms with Crippen LogP contribution in [0.3, 0.4) is 0 Å². The summed E-state index contributed by atoms with van der Waals surface area (Å²) in [5.41, 5.74) is 1.34. The molecule has 11 heteroatoms. The van der Waals surface area contributed by atoms with Crippen molar-refractivity contribution in [1.82, 2.24) is 9.97 Å². The topological polar surface area (TPSA) is 93.2 Å². The predicted molar refractivity (Wildman–Crippen MR) is 130 cm³/mol. The Morgan fingerprint density at radius 2 is 1.73 bits per heavy atom. The van der Waals surface area contributed by atoms with Crippen molar-refractivity contribution in [2.75, 3.05) is 16.6 Å². The maximum atomic E-state index is 13.5. The molecule has 4 aromatic rings. The van der Waals surface area contributed by atoms with Gasteiger partial charge < -0.3 is 10.1 Å². The largest absolute Gasteiger partial charge is 0.492 e. The molecule has 0 atom stereocenters. The standard InChI is InChI=1S/C22H17BrClFN4O3S/c1-2-32-19-10-7-13(23)11-20(19)33(30,31)29-22-21(26-16-9-8-14(25)12-15(16)24)27-17-5-3-4-6-18(17)28-22/h3-12H,2H2,1H3,(H,26,27)(H,28,29). The van der Waals surface area contributed by atoms with E-state index in [1.165, 1.54) is 18.2 Å². The minimum absolute atomic E-state index is 0.0588. The first-order valence-electron chi connectivity index (χ1n) is 9.71. The third kappa shape index (κ3) is 5.18. The van der Waals surface area contributed by atoms with Crippen molar-refractivity contribution in [2.45, 2.75) is 11.8 Å². The summed E-state index contributed by atoms with van der Waals surface area (Å²) in [6, 6.07) is 15.5. The Bertz CT molecular complexity index is 1450. The molecule has 2 N–H and O–H groups in total. The minimum atomic E-state index is -4.13. The van der Waals surface area contributed by atoms with Crippen molar-refractivity contribution in [1.29, 1.82) is 0 Å². The lowest BCUT2D eigenvalue weighted by Gasteiger charge is -2.16. The molecule has 3 aromatic carbocycles. The van der Waals surface area contributed by atoms with Crippen LogP contribution >= 0.6 is 27.5 Å². The summed E-state index contributed by atoms with van der Waals surface area (Å²) in [6.07, 6.45) is 0. The number of fused-ring (bicyclic) bond motifs is 1. The van der Waals surface area contributed by atoms with Crippen LogP contribution in [0.5, 0.6) is 5.75 Å². The lowest BCUT2D eigenvalue weighted by molar-refractivity contribution is 0.331. The molecule has 1 heterocycles. The molecule has 7 nitrogen and oxygen atoms in total. The number of sulfonamides is 1. The van der Waals surface area contributed by atoms with Gasteiger partial charge in [0.25, 0.3) is 10.0 Å². The number of benzene rings is 3. The lowest BCUT2D eigenvalue weighted by Crippen LogP contribution is -2.17. The number of nitrogens with one attached hydrogen (secondary N) is 2. The van der Waals surface area contributed by atoms with Crippen LogP contribution < -0.4 is 14.8 Å². The van der Waals surface area contributed by atoms with Crippen LogP contribution in [0.1, 0.15) is 6.92 Å². The van der Waals surface area contributed by atoms with Gasteiger partial charge in [-0.1, -0.05) is 39.7 Å². The fourth-order valence-electron chi connectivity index (χ4n) is 3.03. The summed E-state index contributed by atoms with van der Waals surface area (Å²) in [4.78, 5) is 8.87. The van der Waals surface area contributed by atoms with Gasteiger partial charge in [-0.05, 0) is 55.5 Å². The Morgan fingerprint density at radius 1 is 1.03 bits per heavy atom. The van der Waals surface area contributed by atoms with Gasteiger partial charge in [-0.2, -0.15) is 0 Å². The van der Waals surface area contributed by atoms with Crippen LogP contribution in [0.4, 0.5) is 21.7 Å². The second-order valence-electron chi connectivity index (χ2n) is 6.79. The van der Waals surface area contributed by atoms with E-state index in [-0.39, 0.29) is 33.9 Å². The van der Waals surface area contributed by atoms with Crippen molar-refractivity contribution >= 4 is 65.9 Å². The van der Waals surface area contributed by atoms with Gasteiger partial charge in [0, 0.05) is 4.47 Å². The van der Waals surface area contributed by atoms with Gasteiger partial charge in [-0.3, -0.25) is 4.72 Å². The Kier molecular flexibility index (Phi) is 6.68. The molecular weight excluding hydrogens is 535 g/mol. The maximum absolute atomic E-state index is 13.5. The molecule has 0 aliphatic carbocycles. The molecular formula is C22H17BrClFN4O3S. The molecule has 4 rings (SSSR count). The summed E-state index contributed by atoms with van der Waals surface area (Å²) in [5, 5.41) is 3.05. The van der Waals surface area contributed by atoms with Gasteiger partial charge in [-0.15, -0.1) is 0 Å². The number of hydrogen-bond donors (Lipinski definition) is 2. The summed E-state index contributed by atoms with van der Waals surface area (Å²) in [7, 11) is -4.13. The molecule has 0 bridgehead atoms. The summed E-state index contributed by atoms with van der Waals surface area (Å²) in [5.74, 6) is -0.275. The van der Waals surface area contributed by atoms with Crippen LogP contribution in [-0.4, -0.2) is 25.0 Å². The number of halogens is 3. The first-order valence-corrected chi connectivity index (χ1v) is 12.4. The van der Waals surface area contributed by atoms with Crippen LogP contribution in [0.2, 0.25) is 5.02 Å². The number of nitrogens with zero attached hydrogens (tertiary/aromatic N) is 2. The molecule has 170 valence electrons. The van der Waals surface area contributed by atoms with E-state index >= 15 is 0 Å². The highest BCUT2D eigenvalue weighted by molar-refractivity contribution is 9.10. The predicted octanol–water partition coefficient (Wildman–Crippen LogP) is 6.13. The monoisotopic (exact) mass is 550 g/mol. The van der Waals surface area contributed by atoms with E-state index in [1.807, 2.05) is 0 Å². The molecule has 0 saturated carbocycles. The quantitative estimate of drug-likeness (QED) is 0.287. The summed E-state index contributed by atoms with van der Waals surface area (Å²) >= 11 is 9.44. The SMILES string of the molecule is CCOc1ccc(Br)cc1S(=O)(=O)Nc1nc2ccccc2nc1Nc1ccc(F)cc1Cl. The highest BCUT2D eigenvalue weighted by atomic mass is 79.9. The zero-order chi connectivity index (χ0) is 23.6. The molecule has 0 radical (unpaired) electrons. The molecule has 0 spiro atoms. The van der Waals surface area contributed by atoms with Gasteiger partial charge in [-0.25, -0.2) is 22.8 Å². The van der Waals surface area contributed by atoms with E-state index in [9.17, 15) is 12.8 Å². The second kappa shape index (κ2) is 9.50. The van der Waals surface area contributed by atoms with E-state index in [4.69, 9.17) is 16.3 Å². The van der Waals surface area contributed by atoms with Crippen LogP contribution in [-0.2, 0) is 10.0 Å². The fraction of sp³-hybridized carbons (Fsp3) is 0.0909. The number of hydrogen-bond acceptors (Lipinski definition) is 6. The molecule has 33 heavy (non-hydrogen) atoms. The highest BCUT2D eigenvalue weighted by Gasteiger charge is 2.23. The van der Waals surface area contributed by atoms with Crippen molar-refractivity contribution in [3.8, 4) is 5.75 Å². The van der Waals surface area contributed by atoms with Crippen LogP contribution in [0.25, 0.3) is 11.0 Å².